The van der Waals surface area contributed by atoms with Gasteiger partial charge in [0, 0.05) is 18.8 Å². The molecular formula is C13H21N5O3S. The predicted octanol–water partition coefficient (Wildman–Crippen LogP) is -0.443. The molecule has 0 aromatic heterocycles. The van der Waals surface area contributed by atoms with Gasteiger partial charge >= 0.3 is 0 Å². The molecule has 0 spiro atoms. The van der Waals surface area contributed by atoms with Gasteiger partial charge in [0.2, 0.25) is 10.0 Å². The second kappa shape index (κ2) is 7.05. The standard InChI is InChI=1S/C13H21N5O3S/c14-13(11-1-3-12(4-2-11)22(16,19)20)17-18(15)9-10-5-7-21-8-6-10/h1-4,10H,5-9,15H2,(H2,14,17)(H2,16,19,20). The topological polar surface area (TPSA) is 137 Å². The molecular weight excluding hydrogens is 306 g/mol. The summed E-state index contributed by atoms with van der Waals surface area (Å²) in [5.74, 6) is 6.50. The van der Waals surface area contributed by atoms with Gasteiger partial charge in [-0.3, -0.25) is 0 Å². The fourth-order valence-corrected chi connectivity index (χ4v) is 2.76. The van der Waals surface area contributed by atoms with E-state index in [1.165, 1.54) is 17.3 Å². The number of rotatable bonds is 5. The van der Waals surface area contributed by atoms with Crippen molar-refractivity contribution in [2.75, 3.05) is 19.8 Å². The number of sulfonamides is 1. The van der Waals surface area contributed by atoms with Gasteiger partial charge in [-0.15, -0.1) is 5.10 Å². The van der Waals surface area contributed by atoms with Gasteiger partial charge in [-0.1, -0.05) is 0 Å². The second-order valence-electron chi connectivity index (χ2n) is 5.23. The van der Waals surface area contributed by atoms with Gasteiger partial charge in [0.05, 0.1) is 11.4 Å². The molecule has 2 rings (SSSR count). The van der Waals surface area contributed by atoms with Gasteiger partial charge in [-0.05, 0) is 43.0 Å². The molecule has 9 heteroatoms. The van der Waals surface area contributed by atoms with Crippen LogP contribution in [0.1, 0.15) is 18.4 Å². The van der Waals surface area contributed by atoms with Crippen LogP contribution >= 0.6 is 0 Å². The molecule has 1 fully saturated rings. The molecule has 0 radical (unpaired) electrons. The molecule has 0 bridgehead atoms. The van der Waals surface area contributed by atoms with Gasteiger partial charge < -0.3 is 10.5 Å². The zero-order valence-electron chi connectivity index (χ0n) is 12.2. The Morgan fingerprint density at radius 2 is 1.86 bits per heavy atom. The molecule has 0 amide bonds. The number of hydrogen-bond donors (Lipinski definition) is 3. The van der Waals surface area contributed by atoms with Gasteiger partial charge in [0.25, 0.3) is 0 Å². The zero-order valence-corrected chi connectivity index (χ0v) is 13.0. The lowest BCUT2D eigenvalue weighted by Gasteiger charge is -2.25. The van der Waals surface area contributed by atoms with Gasteiger partial charge in [-0.2, -0.15) is 0 Å². The highest BCUT2D eigenvalue weighted by Crippen LogP contribution is 2.15. The highest BCUT2D eigenvalue weighted by Gasteiger charge is 2.16. The van der Waals surface area contributed by atoms with Crippen molar-refractivity contribution in [3.05, 3.63) is 29.8 Å². The Labute approximate surface area is 129 Å². The fourth-order valence-electron chi connectivity index (χ4n) is 2.25. The first-order valence-electron chi connectivity index (χ1n) is 6.93. The van der Waals surface area contributed by atoms with Crippen LogP contribution < -0.4 is 16.7 Å². The van der Waals surface area contributed by atoms with Crippen LogP contribution in [0.25, 0.3) is 0 Å². The number of hydrazone groups is 1. The lowest BCUT2D eigenvalue weighted by atomic mass is 10.0. The predicted molar refractivity (Wildman–Crippen MR) is 83.0 cm³/mol. The number of primary sulfonamides is 1. The molecule has 1 aliphatic heterocycles. The summed E-state index contributed by atoms with van der Waals surface area (Å²) >= 11 is 0. The average molecular weight is 327 g/mol. The molecule has 6 N–H and O–H groups in total. The maximum Gasteiger partial charge on any atom is 0.238 e. The molecule has 122 valence electrons. The average Bonchev–Trinajstić information content (AvgIpc) is 2.47. The van der Waals surface area contributed by atoms with E-state index in [1.54, 1.807) is 12.1 Å². The van der Waals surface area contributed by atoms with Crippen LogP contribution in [0.3, 0.4) is 0 Å². The third-order valence-corrected chi connectivity index (χ3v) is 4.43. The summed E-state index contributed by atoms with van der Waals surface area (Å²) in [6.45, 7) is 2.08. The monoisotopic (exact) mass is 327 g/mol. The Bertz CT molecular complexity index is 624. The fraction of sp³-hybridized carbons (Fsp3) is 0.462. The number of benzene rings is 1. The van der Waals surface area contributed by atoms with Crippen LogP contribution in [0, 0.1) is 5.92 Å². The van der Waals surface area contributed by atoms with Crippen LogP contribution in [0.15, 0.2) is 34.3 Å². The van der Waals surface area contributed by atoms with E-state index in [1.807, 2.05) is 0 Å². The number of hydrogen-bond acceptors (Lipinski definition) is 6. The molecule has 1 aliphatic rings. The summed E-state index contributed by atoms with van der Waals surface area (Å²) in [7, 11) is -3.72. The van der Waals surface area contributed by atoms with E-state index in [4.69, 9.17) is 21.5 Å². The molecule has 22 heavy (non-hydrogen) atoms. The summed E-state index contributed by atoms with van der Waals surface area (Å²) in [5, 5.41) is 10.5. The Balaban J connectivity index is 2.01. The molecule has 0 saturated carbocycles. The number of nitrogens with zero attached hydrogens (tertiary/aromatic N) is 2. The van der Waals surface area contributed by atoms with Crippen molar-refractivity contribution in [2.45, 2.75) is 17.7 Å². The molecule has 1 aromatic rings. The van der Waals surface area contributed by atoms with Crippen molar-refractivity contribution in [1.82, 2.24) is 5.12 Å². The van der Waals surface area contributed by atoms with Gasteiger partial charge in [0.15, 0.2) is 5.84 Å². The van der Waals surface area contributed by atoms with Crippen LogP contribution in [-0.4, -0.2) is 39.1 Å². The number of amidine groups is 1. The van der Waals surface area contributed by atoms with Crippen molar-refractivity contribution in [3.8, 4) is 0 Å². The maximum atomic E-state index is 11.2. The molecule has 1 aromatic carbocycles. The molecule has 1 saturated heterocycles. The zero-order chi connectivity index (χ0) is 16.2. The van der Waals surface area contributed by atoms with Crippen LogP contribution in [-0.2, 0) is 14.8 Å². The quantitative estimate of drug-likeness (QED) is 0.290. The minimum Gasteiger partial charge on any atom is -0.382 e. The SMILES string of the molecule is N/C(=N\N(N)CC1CCOCC1)c1ccc(S(N)(=O)=O)cc1. The van der Waals surface area contributed by atoms with Crippen molar-refractivity contribution in [3.63, 3.8) is 0 Å². The van der Waals surface area contributed by atoms with Gasteiger partial charge in [0.1, 0.15) is 0 Å². The maximum absolute atomic E-state index is 11.2. The van der Waals surface area contributed by atoms with Crippen molar-refractivity contribution in [2.24, 2.45) is 27.7 Å². The third kappa shape index (κ3) is 4.67. The summed E-state index contributed by atoms with van der Waals surface area (Å²) in [4.78, 5) is 0.0239. The third-order valence-electron chi connectivity index (χ3n) is 3.50. The largest absolute Gasteiger partial charge is 0.382 e. The molecule has 8 nitrogen and oxygen atoms in total. The molecule has 0 atom stereocenters. The Hall–Kier alpha value is -1.68. The Morgan fingerprint density at radius 1 is 1.27 bits per heavy atom. The minimum absolute atomic E-state index is 0.0239. The number of nitrogens with two attached hydrogens (primary N) is 3. The summed E-state index contributed by atoms with van der Waals surface area (Å²) < 4.78 is 27.7. The van der Waals surface area contributed by atoms with Crippen molar-refractivity contribution < 1.29 is 13.2 Å². The van der Waals surface area contributed by atoms with E-state index in [0.29, 0.717) is 18.0 Å². The molecule has 1 heterocycles. The lowest BCUT2D eigenvalue weighted by Crippen LogP contribution is -2.35. The van der Waals surface area contributed by atoms with Crippen molar-refractivity contribution >= 4 is 15.9 Å². The lowest BCUT2D eigenvalue weighted by molar-refractivity contribution is 0.0529. The summed E-state index contributed by atoms with van der Waals surface area (Å²) in [6.07, 6.45) is 1.90. The highest BCUT2D eigenvalue weighted by atomic mass is 32.2. The van der Waals surface area contributed by atoms with Crippen LogP contribution in [0.5, 0.6) is 0 Å². The first kappa shape index (κ1) is 16.7. The van der Waals surface area contributed by atoms with E-state index >= 15 is 0 Å². The first-order valence-corrected chi connectivity index (χ1v) is 8.48. The number of ether oxygens (including phenoxy) is 1. The van der Waals surface area contributed by atoms with E-state index in [-0.39, 0.29) is 10.7 Å². The first-order chi connectivity index (χ1) is 10.4. The summed E-state index contributed by atoms with van der Waals surface area (Å²) in [6, 6.07) is 5.85. The van der Waals surface area contributed by atoms with E-state index in [0.717, 1.165) is 26.1 Å². The van der Waals surface area contributed by atoms with E-state index in [2.05, 4.69) is 5.10 Å². The Kier molecular flexibility index (Phi) is 5.35. The normalized spacial score (nSPS) is 17.5. The van der Waals surface area contributed by atoms with Crippen LogP contribution in [0.2, 0.25) is 0 Å². The van der Waals surface area contributed by atoms with Crippen LogP contribution in [0.4, 0.5) is 0 Å². The molecule has 0 unspecified atom stereocenters. The molecule has 0 aliphatic carbocycles. The highest BCUT2D eigenvalue weighted by molar-refractivity contribution is 7.89. The minimum atomic E-state index is -3.72. The van der Waals surface area contributed by atoms with Crippen molar-refractivity contribution in [1.29, 1.82) is 0 Å². The van der Waals surface area contributed by atoms with E-state index < -0.39 is 10.0 Å². The Morgan fingerprint density at radius 3 is 2.41 bits per heavy atom. The van der Waals surface area contributed by atoms with Gasteiger partial charge in [-0.25, -0.2) is 24.5 Å². The summed E-state index contributed by atoms with van der Waals surface area (Å²) in [5.41, 5.74) is 6.46. The number of hydrazine groups is 1. The van der Waals surface area contributed by atoms with E-state index in [9.17, 15) is 8.42 Å². The smallest absolute Gasteiger partial charge is 0.238 e. The second-order valence-corrected chi connectivity index (χ2v) is 6.79.